The third-order valence-electron chi connectivity index (χ3n) is 5.77. The average Bonchev–Trinajstić information content (AvgIpc) is 2.81. The highest BCUT2D eigenvalue weighted by atomic mass is 19.1. The Bertz CT molecular complexity index is 1190. The molecule has 0 aliphatic carbocycles. The predicted octanol–water partition coefficient (Wildman–Crippen LogP) is 4.93. The molecule has 0 amide bonds. The number of morpholine rings is 1. The molecule has 0 radical (unpaired) electrons. The van der Waals surface area contributed by atoms with Crippen LogP contribution in [0.15, 0.2) is 79.0 Å². The van der Waals surface area contributed by atoms with Gasteiger partial charge in [-0.15, -0.1) is 0 Å². The smallest absolute Gasteiger partial charge is 0.126 e. The summed E-state index contributed by atoms with van der Waals surface area (Å²) in [4.78, 5) is 11.7. The van der Waals surface area contributed by atoms with Gasteiger partial charge in [-0.25, -0.2) is 4.39 Å². The lowest BCUT2D eigenvalue weighted by Crippen LogP contribution is -2.38. The van der Waals surface area contributed by atoms with Crippen molar-refractivity contribution in [1.82, 2.24) is 14.9 Å². The fourth-order valence-electron chi connectivity index (χ4n) is 4.18. The summed E-state index contributed by atoms with van der Waals surface area (Å²) >= 11 is 0. The minimum absolute atomic E-state index is 0.0950. The summed E-state index contributed by atoms with van der Waals surface area (Å²) in [5.74, 6) is -0.195. The van der Waals surface area contributed by atoms with Crippen LogP contribution < -0.4 is 0 Å². The van der Waals surface area contributed by atoms with E-state index in [0.717, 1.165) is 36.5 Å². The van der Waals surface area contributed by atoms with Gasteiger partial charge in [0.25, 0.3) is 0 Å². The molecule has 0 unspecified atom stereocenters. The second-order valence-electron chi connectivity index (χ2n) is 7.90. The van der Waals surface area contributed by atoms with E-state index in [1.807, 2.05) is 48.7 Å². The Morgan fingerprint density at radius 2 is 1.81 bits per heavy atom. The molecule has 3 heterocycles. The van der Waals surface area contributed by atoms with Gasteiger partial charge in [0.05, 0.1) is 17.8 Å². The van der Waals surface area contributed by atoms with Crippen LogP contribution in [0.3, 0.4) is 0 Å². The van der Waals surface area contributed by atoms with Crippen LogP contribution in [0.25, 0.3) is 10.9 Å². The molecule has 0 bridgehead atoms. The molecule has 0 spiro atoms. The Balaban J connectivity index is 1.32. The molecule has 2 aromatic carbocycles. The van der Waals surface area contributed by atoms with Gasteiger partial charge in [-0.2, -0.15) is 0 Å². The van der Waals surface area contributed by atoms with Crippen molar-refractivity contribution in [2.45, 2.75) is 19.1 Å². The van der Waals surface area contributed by atoms with E-state index in [1.54, 1.807) is 6.07 Å². The summed E-state index contributed by atoms with van der Waals surface area (Å²) in [5, 5.41) is 1.19. The maximum Gasteiger partial charge on any atom is 0.126 e. The Hall–Kier alpha value is -3.15. The van der Waals surface area contributed by atoms with Crippen LogP contribution in [0.1, 0.15) is 28.6 Å². The highest BCUT2D eigenvalue weighted by Crippen LogP contribution is 2.25. The average molecular weight is 413 g/mol. The molecule has 31 heavy (non-hydrogen) atoms. The number of hydrogen-bond acceptors (Lipinski definition) is 4. The van der Waals surface area contributed by atoms with Gasteiger partial charge < -0.3 is 4.74 Å². The Morgan fingerprint density at radius 3 is 2.74 bits per heavy atom. The molecule has 4 aromatic rings. The molecular weight excluding hydrogens is 389 g/mol. The van der Waals surface area contributed by atoms with Gasteiger partial charge in [0, 0.05) is 43.3 Å². The van der Waals surface area contributed by atoms with Crippen molar-refractivity contribution in [1.29, 1.82) is 0 Å². The second kappa shape index (κ2) is 8.92. The van der Waals surface area contributed by atoms with Gasteiger partial charge in [-0.3, -0.25) is 14.9 Å². The van der Waals surface area contributed by atoms with Crippen molar-refractivity contribution in [3.8, 4) is 0 Å². The number of ether oxygens (including phenoxy) is 1. The van der Waals surface area contributed by atoms with Gasteiger partial charge in [0.2, 0.25) is 0 Å². The number of aromatic nitrogens is 2. The van der Waals surface area contributed by atoms with E-state index in [0.29, 0.717) is 18.6 Å². The summed E-state index contributed by atoms with van der Waals surface area (Å²) in [6.45, 7) is 3.15. The van der Waals surface area contributed by atoms with Crippen molar-refractivity contribution in [2.75, 3.05) is 19.7 Å². The first-order valence-electron chi connectivity index (χ1n) is 10.6. The van der Waals surface area contributed by atoms with E-state index >= 15 is 0 Å². The standard InChI is InChI=1S/C26H24FN3O/c27-23-10-2-1-6-19(23)16-21-8-4-12-25(29-21)26-18-30(14-15-31-26)17-20-7-3-11-24-22(20)9-5-13-28-24/h1-13,26H,14-18H2/t26-/m1/s1. The van der Waals surface area contributed by atoms with E-state index < -0.39 is 0 Å². The molecule has 4 nitrogen and oxygen atoms in total. The molecule has 5 rings (SSSR count). The zero-order valence-electron chi connectivity index (χ0n) is 17.2. The van der Waals surface area contributed by atoms with Crippen LogP contribution in [0.2, 0.25) is 0 Å². The number of benzene rings is 2. The molecule has 1 saturated heterocycles. The Labute approximate surface area is 181 Å². The van der Waals surface area contributed by atoms with Crippen LogP contribution in [-0.2, 0) is 17.7 Å². The molecule has 1 aliphatic heterocycles. The predicted molar refractivity (Wildman–Crippen MR) is 119 cm³/mol. The number of halogens is 1. The summed E-state index contributed by atoms with van der Waals surface area (Å²) in [7, 11) is 0. The summed E-state index contributed by atoms with van der Waals surface area (Å²) in [6, 6.07) is 23.2. The lowest BCUT2D eigenvalue weighted by molar-refractivity contribution is -0.0349. The van der Waals surface area contributed by atoms with E-state index in [-0.39, 0.29) is 11.9 Å². The van der Waals surface area contributed by atoms with Gasteiger partial charge in [0.1, 0.15) is 11.9 Å². The number of nitrogens with zero attached hydrogens (tertiary/aromatic N) is 3. The third-order valence-corrected chi connectivity index (χ3v) is 5.77. The van der Waals surface area contributed by atoms with Crippen molar-refractivity contribution in [2.24, 2.45) is 0 Å². The fraction of sp³-hybridized carbons (Fsp3) is 0.231. The molecule has 1 aliphatic rings. The highest BCUT2D eigenvalue weighted by molar-refractivity contribution is 5.81. The van der Waals surface area contributed by atoms with Crippen molar-refractivity contribution >= 4 is 10.9 Å². The van der Waals surface area contributed by atoms with Crippen molar-refractivity contribution < 1.29 is 9.13 Å². The number of fused-ring (bicyclic) bond motifs is 1. The van der Waals surface area contributed by atoms with Gasteiger partial charge >= 0.3 is 0 Å². The van der Waals surface area contributed by atoms with Gasteiger partial charge in [-0.05, 0) is 41.5 Å². The van der Waals surface area contributed by atoms with E-state index in [1.165, 1.54) is 17.0 Å². The van der Waals surface area contributed by atoms with Crippen LogP contribution in [0.4, 0.5) is 4.39 Å². The molecule has 5 heteroatoms. The van der Waals surface area contributed by atoms with E-state index in [9.17, 15) is 4.39 Å². The third kappa shape index (κ3) is 4.48. The molecule has 156 valence electrons. The number of pyridine rings is 2. The minimum atomic E-state index is -0.195. The quantitative estimate of drug-likeness (QED) is 0.465. The molecule has 0 N–H and O–H groups in total. The molecule has 1 fully saturated rings. The molecule has 0 saturated carbocycles. The zero-order valence-corrected chi connectivity index (χ0v) is 17.2. The second-order valence-corrected chi connectivity index (χ2v) is 7.90. The SMILES string of the molecule is Fc1ccccc1Cc1cccc([C@H]2CN(Cc3cccc4ncccc34)CCO2)n1. The largest absolute Gasteiger partial charge is 0.369 e. The number of hydrogen-bond donors (Lipinski definition) is 0. The monoisotopic (exact) mass is 413 g/mol. The van der Waals surface area contributed by atoms with Gasteiger partial charge in [-0.1, -0.05) is 42.5 Å². The normalized spacial score (nSPS) is 17.1. The summed E-state index contributed by atoms with van der Waals surface area (Å²) in [6.07, 6.45) is 2.21. The van der Waals surface area contributed by atoms with Crippen molar-refractivity contribution in [3.05, 3.63) is 107 Å². The zero-order chi connectivity index (χ0) is 21.0. The first-order chi connectivity index (χ1) is 15.3. The number of rotatable bonds is 5. The topological polar surface area (TPSA) is 38.2 Å². The lowest BCUT2D eigenvalue weighted by Gasteiger charge is -2.33. The van der Waals surface area contributed by atoms with Crippen LogP contribution in [0.5, 0.6) is 0 Å². The molecule has 2 aromatic heterocycles. The first-order valence-corrected chi connectivity index (χ1v) is 10.6. The minimum Gasteiger partial charge on any atom is -0.369 e. The summed E-state index contributed by atoms with van der Waals surface area (Å²) in [5.41, 5.74) is 4.70. The van der Waals surface area contributed by atoms with E-state index in [4.69, 9.17) is 9.72 Å². The summed E-state index contributed by atoms with van der Waals surface area (Å²) < 4.78 is 20.1. The maximum absolute atomic E-state index is 14.0. The van der Waals surface area contributed by atoms with E-state index in [2.05, 4.69) is 28.1 Å². The van der Waals surface area contributed by atoms with Crippen LogP contribution in [-0.4, -0.2) is 34.6 Å². The highest BCUT2D eigenvalue weighted by Gasteiger charge is 2.24. The Morgan fingerprint density at radius 1 is 0.935 bits per heavy atom. The maximum atomic E-state index is 14.0. The molecule has 1 atom stereocenters. The van der Waals surface area contributed by atoms with Crippen LogP contribution in [0, 0.1) is 5.82 Å². The van der Waals surface area contributed by atoms with Crippen LogP contribution >= 0.6 is 0 Å². The molecular formula is C26H24FN3O. The van der Waals surface area contributed by atoms with Gasteiger partial charge in [0.15, 0.2) is 0 Å². The van der Waals surface area contributed by atoms with Crippen molar-refractivity contribution in [3.63, 3.8) is 0 Å². The lowest BCUT2D eigenvalue weighted by atomic mass is 10.1. The fourth-order valence-corrected chi connectivity index (χ4v) is 4.18. The first kappa shape index (κ1) is 19.8. The Kier molecular flexibility index (Phi) is 5.69.